The minimum atomic E-state index is -0.00592. The van der Waals surface area contributed by atoms with E-state index in [4.69, 9.17) is 0 Å². The fourth-order valence-corrected chi connectivity index (χ4v) is 5.71. The van der Waals surface area contributed by atoms with Gasteiger partial charge in [-0.1, -0.05) is 30.3 Å². The first-order valence-corrected chi connectivity index (χ1v) is 13.8. The first-order chi connectivity index (χ1) is 18.3. The van der Waals surface area contributed by atoms with Crippen molar-refractivity contribution in [3.8, 4) is 11.1 Å². The van der Waals surface area contributed by atoms with E-state index >= 15 is 0 Å². The Balaban J connectivity index is 1.18. The molecule has 7 heteroatoms. The number of amides is 2. The number of aryl methyl sites for hydroxylation is 2. The second kappa shape index (κ2) is 11.1. The molecule has 1 unspecified atom stereocenters. The van der Waals surface area contributed by atoms with E-state index in [1.54, 1.807) is 0 Å². The molecule has 1 aromatic heterocycles. The number of piperidine rings is 1. The van der Waals surface area contributed by atoms with Gasteiger partial charge in [0.05, 0.1) is 12.1 Å². The van der Waals surface area contributed by atoms with Crippen LogP contribution in [0.1, 0.15) is 60.5 Å². The highest BCUT2D eigenvalue weighted by Gasteiger charge is 2.30. The van der Waals surface area contributed by atoms with Crippen molar-refractivity contribution in [2.45, 2.75) is 52.0 Å². The van der Waals surface area contributed by atoms with E-state index in [1.807, 2.05) is 54.1 Å². The van der Waals surface area contributed by atoms with Gasteiger partial charge in [0.2, 0.25) is 5.91 Å². The SMILES string of the molecule is Cc1ccc(C(=O)N2CCC(c3ccc(-c4cnn(C)c4)cc3)CC2)cc1NC(=O)C1CCN(C(C)C)C1. The van der Waals surface area contributed by atoms with Gasteiger partial charge in [0.1, 0.15) is 0 Å². The lowest BCUT2D eigenvalue weighted by atomic mass is 9.88. The molecule has 38 heavy (non-hydrogen) atoms. The first-order valence-electron chi connectivity index (χ1n) is 13.8. The van der Waals surface area contributed by atoms with Crippen LogP contribution >= 0.6 is 0 Å². The number of hydrogen-bond donors (Lipinski definition) is 1. The molecular formula is C31H39N5O2. The summed E-state index contributed by atoms with van der Waals surface area (Å²) in [5, 5.41) is 7.38. The van der Waals surface area contributed by atoms with Gasteiger partial charge in [-0.15, -0.1) is 0 Å². The Labute approximate surface area is 225 Å². The zero-order chi connectivity index (χ0) is 26.8. The van der Waals surface area contributed by atoms with Gasteiger partial charge in [-0.3, -0.25) is 14.3 Å². The van der Waals surface area contributed by atoms with Crippen LogP contribution in [0.5, 0.6) is 0 Å². The lowest BCUT2D eigenvalue weighted by Gasteiger charge is -2.32. The zero-order valence-corrected chi connectivity index (χ0v) is 23.0. The summed E-state index contributed by atoms with van der Waals surface area (Å²) in [6.07, 6.45) is 6.68. The summed E-state index contributed by atoms with van der Waals surface area (Å²) in [6.45, 7) is 9.53. The first kappa shape index (κ1) is 26.2. The van der Waals surface area contributed by atoms with Crippen LogP contribution < -0.4 is 5.32 Å². The third-order valence-corrected chi connectivity index (χ3v) is 8.27. The van der Waals surface area contributed by atoms with Crippen molar-refractivity contribution < 1.29 is 9.59 Å². The van der Waals surface area contributed by atoms with Crippen molar-refractivity contribution in [1.29, 1.82) is 0 Å². The van der Waals surface area contributed by atoms with E-state index < -0.39 is 0 Å². The average molecular weight is 514 g/mol. The molecule has 0 saturated carbocycles. The van der Waals surface area contributed by atoms with Gasteiger partial charge in [0.15, 0.2) is 0 Å². The molecular weight excluding hydrogens is 474 g/mol. The van der Waals surface area contributed by atoms with Gasteiger partial charge in [-0.25, -0.2) is 0 Å². The maximum atomic E-state index is 13.4. The predicted octanol–water partition coefficient (Wildman–Crippen LogP) is 5.08. The summed E-state index contributed by atoms with van der Waals surface area (Å²) in [4.78, 5) is 30.6. The summed E-state index contributed by atoms with van der Waals surface area (Å²) in [6, 6.07) is 14.9. The molecule has 1 N–H and O–H groups in total. The Bertz CT molecular complexity index is 1290. The number of rotatable bonds is 6. The lowest BCUT2D eigenvalue weighted by molar-refractivity contribution is -0.119. The molecule has 2 aromatic carbocycles. The highest BCUT2D eigenvalue weighted by Crippen LogP contribution is 2.31. The molecule has 2 amide bonds. The van der Waals surface area contributed by atoms with Crippen molar-refractivity contribution in [3.05, 3.63) is 71.5 Å². The number of nitrogens with zero attached hydrogens (tertiary/aromatic N) is 4. The number of aromatic nitrogens is 2. The van der Waals surface area contributed by atoms with Gasteiger partial charge in [-0.2, -0.15) is 5.10 Å². The topological polar surface area (TPSA) is 70.5 Å². The van der Waals surface area contributed by atoms with Crippen LogP contribution in [0.15, 0.2) is 54.9 Å². The average Bonchev–Trinajstić information content (AvgIpc) is 3.60. The van der Waals surface area contributed by atoms with Gasteiger partial charge in [0.25, 0.3) is 5.91 Å². The summed E-state index contributed by atoms with van der Waals surface area (Å²) >= 11 is 0. The molecule has 200 valence electrons. The molecule has 7 nitrogen and oxygen atoms in total. The molecule has 2 saturated heterocycles. The van der Waals surface area contributed by atoms with E-state index in [9.17, 15) is 9.59 Å². The standard InChI is InChI=1S/C31H39N5O2/c1-21(2)36-16-13-27(20-36)30(37)33-29-17-26(6-5-22(29)3)31(38)35-14-11-25(12-15-35)23-7-9-24(10-8-23)28-18-32-34(4)19-28/h5-10,17-19,21,25,27H,11-16,20H2,1-4H3,(H,33,37). The largest absolute Gasteiger partial charge is 0.339 e. The van der Waals surface area contributed by atoms with Gasteiger partial charge in [-0.05, 0) is 81.3 Å². The second-order valence-corrected chi connectivity index (χ2v) is 11.2. The molecule has 0 bridgehead atoms. The molecule has 0 aliphatic carbocycles. The number of benzene rings is 2. The minimum Gasteiger partial charge on any atom is -0.339 e. The molecule has 2 aliphatic heterocycles. The molecule has 1 atom stereocenters. The van der Waals surface area contributed by atoms with E-state index in [0.717, 1.165) is 62.3 Å². The lowest BCUT2D eigenvalue weighted by Crippen LogP contribution is -2.38. The maximum absolute atomic E-state index is 13.4. The second-order valence-electron chi connectivity index (χ2n) is 11.2. The molecule has 3 heterocycles. The van der Waals surface area contributed by atoms with Crippen molar-refractivity contribution in [1.82, 2.24) is 19.6 Å². The Kier molecular flexibility index (Phi) is 7.65. The van der Waals surface area contributed by atoms with Crippen molar-refractivity contribution in [3.63, 3.8) is 0 Å². The van der Waals surface area contributed by atoms with Crippen LogP contribution in [0.4, 0.5) is 5.69 Å². The summed E-state index contributed by atoms with van der Waals surface area (Å²) < 4.78 is 1.82. The molecule has 3 aromatic rings. The molecule has 5 rings (SSSR count). The molecule has 0 spiro atoms. The smallest absolute Gasteiger partial charge is 0.253 e. The predicted molar refractivity (Wildman–Crippen MR) is 151 cm³/mol. The Hall–Kier alpha value is -3.45. The highest BCUT2D eigenvalue weighted by molar-refractivity contribution is 5.98. The number of nitrogens with one attached hydrogen (secondary N) is 1. The van der Waals surface area contributed by atoms with Crippen LogP contribution in [0.3, 0.4) is 0 Å². The van der Waals surface area contributed by atoms with Gasteiger partial charge < -0.3 is 15.1 Å². The maximum Gasteiger partial charge on any atom is 0.253 e. The van der Waals surface area contributed by atoms with Crippen molar-refractivity contribution in [2.75, 3.05) is 31.5 Å². The number of anilines is 1. The van der Waals surface area contributed by atoms with Crippen LogP contribution in [0, 0.1) is 12.8 Å². The van der Waals surface area contributed by atoms with Gasteiger partial charge in [0, 0.05) is 55.7 Å². The monoisotopic (exact) mass is 513 g/mol. The Morgan fingerprint density at radius 1 is 0.974 bits per heavy atom. The third kappa shape index (κ3) is 5.68. The fraction of sp³-hybridized carbons (Fsp3) is 0.452. The normalized spacial score (nSPS) is 18.8. The van der Waals surface area contributed by atoms with E-state index in [0.29, 0.717) is 17.5 Å². The number of likely N-dealkylation sites (tertiary alicyclic amines) is 2. The Morgan fingerprint density at radius 3 is 2.34 bits per heavy atom. The van der Waals surface area contributed by atoms with E-state index in [1.165, 1.54) is 11.1 Å². The quantitative estimate of drug-likeness (QED) is 0.499. The van der Waals surface area contributed by atoms with Crippen LogP contribution in [-0.2, 0) is 11.8 Å². The molecule has 0 radical (unpaired) electrons. The van der Waals surface area contributed by atoms with Crippen molar-refractivity contribution in [2.24, 2.45) is 13.0 Å². The fourth-order valence-electron chi connectivity index (χ4n) is 5.71. The van der Waals surface area contributed by atoms with Gasteiger partial charge >= 0.3 is 0 Å². The van der Waals surface area contributed by atoms with E-state index in [2.05, 4.69) is 53.4 Å². The summed E-state index contributed by atoms with van der Waals surface area (Å²) in [5.41, 5.74) is 5.97. The summed E-state index contributed by atoms with van der Waals surface area (Å²) in [5.74, 6) is 0.536. The van der Waals surface area contributed by atoms with Crippen molar-refractivity contribution >= 4 is 17.5 Å². The summed E-state index contributed by atoms with van der Waals surface area (Å²) in [7, 11) is 1.93. The third-order valence-electron chi connectivity index (χ3n) is 8.27. The minimum absolute atomic E-state index is 0.00592. The number of carbonyl (C=O) groups excluding carboxylic acids is 2. The van der Waals surface area contributed by atoms with Crippen LogP contribution in [0.2, 0.25) is 0 Å². The Morgan fingerprint density at radius 2 is 1.71 bits per heavy atom. The zero-order valence-electron chi connectivity index (χ0n) is 23.0. The van der Waals surface area contributed by atoms with Crippen LogP contribution in [-0.4, -0.2) is 63.6 Å². The molecule has 2 fully saturated rings. The highest BCUT2D eigenvalue weighted by atomic mass is 16.2. The van der Waals surface area contributed by atoms with Crippen LogP contribution in [0.25, 0.3) is 11.1 Å². The molecule has 2 aliphatic rings. The number of carbonyl (C=O) groups is 2. The number of hydrogen-bond acceptors (Lipinski definition) is 4. The van der Waals surface area contributed by atoms with E-state index in [-0.39, 0.29) is 17.7 Å².